The van der Waals surface area contributed by atoms with Gasteiger partial charge in [-0.3, -0.25) is 9.69 Å². The molecule has 1 aromatic rings. The third-order valence-electron chi connectivity index (χ3n) is 4.05. The van der Waals surface area contributed by atoms with Crippen molar-refractivity contribution in [2.75, 3.05) is 25.0 Å². The minimum absolute atomic E-state index is 0.113. The van der Waals surface area contributed by atoms with Crippen LogP contribution in [0.3, 0.4) is 0 Å². The number of anilines is 1. The molecule has 0 atom stereocenters. The lowest BCUT2D eigenvalue weighted by Crippen LogP contribution is -2.64. The van der Waals surface area contributed by atoms with E-state index in [1.54, 1.807) is 24.3 Å². The summed E-state index contributed by atoms with van der Waals surface area (Å²) in [5.41, 5.74) is 0.403. The van der Waals surface area contributed by atoms with Gasteiger partial charge in [0.1, 0.15) is 6.07 Å². The van der Waals surface area contributed by atoms with Crippen molar-refractivity contribution >= 4 is 11.6 Å². The molecule has 1 saturated heterocycles. The van der Waals surface area contributed by atoms with E-state index in [4.69, 9.17) is 5.26 Å². The standard InChI is InChI=1S/C16H21N3O2/c1-12(2)16(21)10-19(11-16)8-7-15(20)18-14-6-4-3-5-13(14)9-17/h3-6,12,21H,7-8,10-11H2,1-2H3,(H,18,20). The van der Waals surface area contributed by atoms with Crippen LogP contribution in [0.15, 0.2) is 24.3 Å². The molecule has 112 valence electrons. The SMILES string of the molecule is CC(C)C1(O)CN(CCC(=O)Nc2ccccc2C#N)C1. The van der Waals surface area contributed by atoms with E-state index < -0.39 is 5.60 Å². The first-order chi connectivity index (χ1) is 9.94. The molecule has 2 N–H and O–H groups in total. The lowest BCUT2D eigenvalue weighted by molar-refractivity contribution is -0.132. The number of benzene rings is 1. The Morgan fingerprint density at radius 1 is 1.48 bits per heavy atom. The number of carbonyl (C=O) groups excluding carboxylic acids is 1. The minimum atomic E-state index is -0.607. The Labute approximate surface area is 125 Å². The van der Waals surface area contributed by atoms with Gasteiger partial charge in [-0.25, -0.2) is 0 Å². The van der Waals surface area contributed by atoms with Crippen LogP contribution in [0.2, 0.25) is 0 Å². The molecule has 1 aliphatic heterocycles. The number of nitrogens with zero attached hydrogens (tertiary/aromatic N) is 2. The zero-order valence-corrected chi connectivity index (χ0v) is 12.5. The third-order valence-corrected chi connectivity index (χ3v) is 4.05. The average Bonchev–Trinajstić information content (AvgIpc) is 2.42. The van der Waals surface area contributed by atoms with E-state index in [2.05, 4.69) is 16.3 Å². The number of β-amino-alcohol motifs (C(OH)–C–C–N with tert-alkyl or cyclic N) is 1. The maximum atomic E-state index is 11.9. The van der Waals surface area contributed by atoms with E-state index in [-0.39, 0.29) is 11.8 Å². The third kappa shape index (κ3) is 3.60. The number of nitriles is 1. The molecule has 0 spiro atoms. The van der Waals surface area contributed by atoms with Crippen LogP contribution in [0, 0.1) is 17.2 Å². The lowest BCUT2D eigenvalue weighted by atomic mass is 9.83. The van der Waals surface area contributed by atoms with Crippen LogP contribution in [-0.2, 0) is 4.79 Å². The second-order valence-electron chi connectivity index (χ2n) is 5.92. The summed E-state index contributed by atoms with van der Waals surface area (Å²) in [7, 11) is 0. The molecule has 5 nitrogen and oxygen atoms in total. The molecule has 21 heavy (non-hydrogen) atoms. The summed E-state index contributed by atoms with van der Waals surface area (Å²) in [4.78, 5) is 14.0. The molecular weight excluding hydrogens is 266 g/mol. The first-order valence-corrected chi connectivity index (χ1v) is 7.18. The highest BCUT2D eigenvalue weighted by molar-refractivity contribution is 5.92. The highest BCUT2D eigenvalue weighted by Gasteiger charge is 2.43. The zero-order valence-electron chi connectivity index (χ0n) is 12.5. The molecule has 0 aliphatic carbocycles. The first kappa shape index (κ1) is 15.5. The number of hydrogen-bond acceptors (Lipinski definition) is 4. The van der Waals surface area contributed by atoms with Crippen molar-refractivity contribution in [2.45, 2.75) is 25.9 Å². The topological polar surface area (TPSA) is 76.4 Å². The largest absolute Gasteiger partial charge is 0.387 e. The van der Waals surface area contributed by atoms with E-state index in [9.17, 15) is 9.90 Å². The number of carbonyl (C=O) groups is 1. The molecule has 0 bridgehead atoms. The van der Waals surface area contributed by atoms with Gasteiger partial charge in [0, 0.05) is 26.1 Å². The molecule has 0 saturated carbocycles. The summed E-state index contributed by atoms with van der Waals surface area (Å²) in [6.07, 6.45) is 0.355. The lowest BCUT2D eigenvalue weighted by Gasteiger charge is -2.49. The van der Waals surface area contributed by atoms with Crippen molar-refractivity contribution in [1.29, 1.82) is 5.26 Å². The molecule has 1 amide bonds. The van der Waals surface area contributed by atoms with Gasteiger partial charge in [-0.05, 0) is 18.1 Å². The molecule has 1 aliphatic rings. The number of hydrogen-bond donors (Lipinski definition) is 2. The second kappa shape index (κ2) is 6.25. The Balaban J connectivity index is 1.78. The fourth-order valence-corrected chi connectivity index (χ4v) is 2.41. The van der Waals surface area contributed by atoms with E-state index in [0.717, 1.165) is 0 Å². The number of para-hydroxylation sites is 1. The highest BCUT2D eigenvalue weighted by Crippen LogP contribution is 2.28. The Hall–Kier alpha value is -1.90. The molecule has 5 heteroatoms. The maximum absolute atomic E-state index is 11.9. The molecule has 1 aromatic carbocycles. The van der Waals surface area contributed by atoms with Gasteiger partial charge in [-0.15, -0.1) is 0 Å². The number of nitrogens with one attached hydrogen (secondary N) is 1. The van der Waals surface area contributed by atoms with Gasteiger partial charge in [0.25, 0.3) is 0 Å². The van der Waals surface area contributed by atoms with Gasteiger partial charge < -0.3 is 10.4 Å². The van der Waals surface area contributed by atoms with Crippen molar-refractivity contribution in [3.05, 3.63) is 29.8 Å². The van der Waals surface area contributed by atoms with Crippen LogP contribution < -0.4 is 5.32 Å². The molecular formula is C16H21N3O2. The molecule has 1 heterocycles. The molecule has 2 rings (SSSR count). The van der Waals surface area contributed by atoms with Gasteiger partial charge >= 0.3 is 0 Å². The normalized spacial score (nSPS) is 17.1. The summed E-state index contributed by atoms with van der Waals surface area (Å²) >= 11 is 0. The number of aliphatic hydroxyl groups is 1. The predicted molar refractivity (Wildman–Crippen MR) is 80.6 cm³/mol. The van der Waals surface area contributed by atoms with Gasteiger partial charge in [0.05, 0.1) is 16.9 Å². The maximum Gasteiger partial charge on any atom is 0.225 e. The number of rotatable bonds is 5. The number of likely N-dealkylation sites (tertiary alicyclic amines) is 1. The van der Waals surface area contributed by atoms with Crippen LogP contribution >= 0.6 is 0 Å². The summed E-state index contributed by atoms with van der Waals surface area (Å²) in [5.74, 6) is 0.114. The van der Waals surface area contributed by atoms with E-state index in [1.165, 1.54) is 0 Å². The van der Waals surface area contributed by atoms with Crippen LogP contribution in [-0.4, -0.2) is 41.1 Å². The van der Waals surface area contributed by atoms with Crippen molar-refractivity contribution in [3.8, 4) is 6.07 Å². The van der Waals surface area contributed by atoms with Crippen LogP contribution in [0.5, 0.6) is 0 Å². The van der Waals surface area contributed by atoms with Gasteiger partial charge in [-0.2, -0.15) is 5.26 Å². The monoisotopic (exact) mass is 287 g/mol. The van der Waals surface area contributed by atoms with Crippen molar-refractivity contribution in [2.24, 2.45) is 5.92 Å². The van der Waals surface area contributed by atoms with Gasteiger partial charge in [0.2, 0.25) is 5.91 Å². The summed E-state index contributed by atoms with van der Waals surface area (Å²) in [6, 6.07) is 9.00. The zero-order chi connectivity index (χ0) is 15.5. The van der Waals surface area contributed by atoms with Gasteiger partial charge in [-0.1, -0.05) is 26.0 Å². The second-order valence-corrected chi connectivity index (χ2v) is 5.92. The first-order valence-electron chi connectivity index (χ1n) is 7.18. The Bertz CT molecular complexity index is 557. The van der Waals surface area contributed by atoms with E-state index >= 15 is 0 Å². The Morgan fingerprint density at radius 3 is 2.76 bits per heavy atom. The highest BCUT2D eigenvalue weighted by atomic mass is 16.3. The molecule has 0 aromatic heterocycles. The van der Waals surface area contributed by atoms with E-state index in [0.29, 0.717) is 37.3 Å². The molecule has 0 radical (unpaired) electrons. The smallest absolute Gasteiger partial charge is 0.225 e. The predicted octanol–water partition coefficient (Wildman–Crippen LogP) is 1.59. The molecule has 0 unspecified atom stereocenters. The van der Waals surface area contributed by atoms with Crippen molar-refractivity contribution in [3.63, 3.8) is 0 Å². The molecule has 1 fully saturated rings. The summed E-state index contributed by atoms with van der Waals surface area (Å²) < 4.78 is 0. The van der Waals surface area contributed by atoms with E-state index in [1.807, 2.05) is 13.8 Å². The van der Waals surface area contributed by atoms with Crippen molar-refractivity contribution < 1.29 is 9.90 Å². The van der Waals surface area contributed by atoms with Gasteiger partial charge in [0.15, 0.2) is 0 Å². The fraction of sp³-hybridized carbons (Fsp3) is 0.500. The quantitative estimate of drug-likeness (QED) is 0.862. The van der Waals surface area contributed by atoms with Crippen LogP contribution in [0.1, 0.15) is 25.8 Å². The van der Waals surface area contributed by atoms with Crippen molar-refractivity contribution in [1.82, 2.24) is 4.90 Å². The van der Waals surface area contributed by atoms with Crippen LogP contribution in [0.4, 0.5) is 5.69 Å². The Morgan fingerprint density at radius 2 is 2.14 bits per heavy atom. The number of amides is 1. The summed E-state index contributed by atoms with van der Waals surface area (Å²) in [5, 5.41) is 21.9. The fourth-order valence-electron chi connectivity index (χ4n) is 2.41. The van der Waals surface area contributed by atoms with Crippen LogP contribution in [0.25, 0.3) is 0 Å². The summed E-state index contributed by atoms with van der Waals surface area (Å²) in [6.45, 7) is 5.86. The average molecular weight is 287 g/mol. The minimum Gasteiger partial charge on any atom is -0.387 e. The Kier molecular flexibility index (Phi) is 4.61.